The quantitative estimate of drug-likeness (QED) is 0.0322. The highest BCUT2D eigenvalue weighted by molar-refractivity contribution is 5.76. The van der Waals surface area contributed by atoms with E-state index in [9.17, 15) is 19.8 Å². The molecule has 356 valence electrons. The fraction of sp³-hybridized carbons (Fsp3) is 0.926. The van der Waals surface area contributed by atoms with Crippen LogP contribution in [0, 0.1) is 0 Å². The summed E-state index contributed by atoms with van der Waals surface area (Å²) in [6.07, 6.45) is 57.6. The van der Waals surface area contributed by atoms with Crippen molar-refractivity contribution in [3.63, 3.8) is 0 Å². The number of hydrogen-bond donors (Lipinski definition) is 3. The van der Waals surface area contributed by atoms with Crippen LogP contribution in [0.15, 0.2) is 12.2 Å². The molecule has 0 fully saturated rings. The minimum absolute atomic E-state index is 0.00882. The average molecular weight is 848 g/mol. The molecule has 0 aromatic heterocycles. The minimum atomic E-state index is -0.680. The first kappa shape index (κ1) is 58.6. The van der Waals surface area contributed by atoms with Crippen molar-refractivity contribution < 1.29 is 24.5 Å². The van der Waals surface area contributed by atoms with Gasteiger partial charge in [0.1, 0.15) is 0 Å². The molecular weight excluding hydrogens is 743 g/mol. The van der Waals surface area contributed by atoms with Gasteiger partial charge in [0.25, 0.3) is 0 Å². The number of rotatable bonds is 50. The molecule has 0 aliphatic carbocycles. The van der Waals surface area contributed by atoms with Gasteiger partial charge in [-0.2, -0.15) is 0 Å². The Morgan fingerprint density at radius 1 is 0.450 bits per heavy atom. The standard InChI is InChI=1S/C54H105NO5/c1-3-5-7-9-11-13-15-17-19-20-24-28-32-36-40-44-48-54(59)60-49-45-41-37-33-29-25-21-23-27-31-35-39-43-47-53(58)55-51(50-56)52(57)46-42-38-34-30-26-22-18-16-14-12-10-8-6-4-2/h23,27,51-52,56-57H,3-22,24-26,28-50H2,1-2H3,(H,55,58)/b27-23-. The van der Waals surface area contributed by atoms with Gasteiger partial charge in [0.15, 0.2) is 0 Å². The molecule has 0 aromatic carbocycles. The van der Waals surface area contributed by atoms with Crippen LogP contribution in [-0.2, 0) is 14.3 Å². The Bertz CT molecular complexity index is 893. The van der Waals surface area contributed by atoms with Crippen LogP contribution in [0.1, 0.15) is 296 Å². The van der Waals surface area contributed by atoms with Crippen molar-refractivity contribution in [2.75, 3.05) is 13.2 Å². The molecule has 0 saturated carbocycles. The van der Waals surface area contributed by atoms with Gasteiger partial charge < -0.3 is 20.3 Å². The highest BCUT2D eigenvalue weighted by Gasteiger charge is 2.20. The summed E-state index contributed by atoms with van der Waals surface area (Å²) in [5.74, 6) is -0.0724. The van der Waals surface area contributed by atoms with E-state index in [0.717, 1.165) is 70.6 Å². The highest BCUT2D eigenvalue weighted by Crippen LogP contribution is 2.17. The van der Waals surface area contributed by atoms with Crippen molar-refractivity contribution in [1.29, 1.82) is 0 Å². The van der Waals surface area contributed by atoms with Crippen LogP contribution in [0.2, 0.25) is 0 Å². The largest absolute Gasteiger partial charge is 0.466 e. The number of aliphatic hydroxyl groups excluding tert-OH is 2. The fourth-order valence-electron chi connectivity index (χ4n) is 8.40. The van der Waals surface area contributed by atoms with Crippen molar-refractivity contribution in [3.8, 4) is 0 Å². The molecule has 6 heteroatoms. The summed E-state index contributed by atoms with van der Waals surface area (Å²) in [7, 11) is 0. The van der Waals surface area contributed by atoms with Gasteiger partial charge in [0.2, 0.25) is 5.91 Å². The highest BCUT2D eigenvalue weighted by atomic mass is 16.5. The molecule has 60 heavy (non-hydrogen) atoms. The molecular formula is C54H105NO5. The van der Waals surface area contributed by atoms with E-state index in [1.54, 1.807) is 0 Å². The molecule has 0 heterocycles. The van der Waals surface area contributed by atoms with Gasteiger partial charge in [-0.1, -0.05) is 244 Å². The van der Waals surface area contributed by atoms with E-state index in [0.29, 0.717) is 25.9 Å². The summed E-state index contributed by atoms with van der Waals surface area (Å²) >= 11 is 0. The van der Waals surface area contributed by atoms with E-state index in [1.807, 2.05) is 0 Å². The van der Waals surface area contributed by atoms with Crippen molar-refractivity contribution in [2.24, 2.45) is 0 Å². The second kappa shape index (κ2) is 50.2. The van der Waals surface area contributed by atoms with Gasteiger partial charge >= 0.3 is 5.97 Å². The topological polar surface area (TPSA) is 95.9 Å². The van der Waals surface area contributed by atoms with Gasteiger partial charge in [0.05, 0.1) is 25.4 Å². The van der Waals surface area contributed by atoms with E-state index in [-0.39, 0.29) is 18.5 Å². The summed E-state index contributed by atoms with van der Waals surface area (Å²) in [5, 5.41) is 23.2. The van der Waals surface area contributed by atoms with E-state index >= 15 is 0 Å². The van der Waals surface area contributed by atoms with Gasteiger partial charge in [-0.25, -0.2) is 0 Å². The molecule has 0 aliphatic rings. The summed E-state index contributed by atoms with van der Waals surface area (Å²) in [6.45, 7) is 4.92. The second-order valence-electron chi connectivity index (χ2n) is 18.6. The predicted octanol–water partition coefficient (Wildman–Crippen LogP) is 16.1. The lowest BCUT2D eigenvalue weighted by Gasteiger charge is -2.22. The maximum Gasteiger partial charge on any atom is 0.305 e. The Labute approximate surface area is 374 Å². The summed E-state index contributed by atoms with van der Waals surface area (Å²) < 4.78 is 5.47. The number of hydrogen-bond acceptors (Lipinski definition) is 5. The third kappa shape index (κ3) is 46.1. The Balaban J connectivity index is 3.47. The predicted molar refractivity (Wildman–Crippen MR) is 260 cm³/mol. The van der Waals surface area contributed by atoms with Crippen molar-refractivity contribution in [3.05, 3.63) is 12.2 Å². The van der Waals surface area contributed by atoms with E-state index in [2.05, 4.69) is 31.3 Å². The van der Waals surface area contributed by atoms with Crippen LogP contribution in [0.3, 0.4) is 0 Å². The second-order valence-corrected chi connectivity index (χ2v) is 18.6. The normalized spacial score (nSPS) is 12.7. The Kier molecular flexibility index (Phi) is 49.1. The molecule has 0 saturated heterocycles. The monoisotopic (exact) mass is 848 g/mol. The number of unbranched alkanes of at least 4 members (excludes halogenated alkanes) is 37. The third-order valence-corrected chi connectivity index (χ3v) is 12.6. The van der Waals surface area contributed by atoms with Gasteiger partial charge in [0, 0.05) is 12.8 Å². The smallest absolute Gasteiger partial charge is 0.305 e. The maximum absolute atomic E-state index is 12.4. The molecule has 0 bridgehead atoms. The lowest BCUT2D eigenvalue weighted by molar-refractivity contribution is -0.143. The van der Waals surface area contributed by atoms with Crippen LogP contribution < -0.4 is 5.32 Å². The number of esters is 1. The molecule has 0 spiro atoms. The Morgan fingerprint density at radius 2 is 0.783 bits per heavy atom. The van der Waals surface area contributed by atoms with Crippen LogP contribution in [-0.4, -0.2) is 47.4 Å². The van der Waals surface area contributed by atoms with Crippen LogP contribution in [0.5, 0.6) is 0 Å². The molecule has 2 unspecified atom stereocenters. The molecule has 2 atom stereocenters. The fourth-order valence-corrected chi connectivity index (χ4v) is 8.40. The summed E-state index contributed by atoms with van der Waals surface area (Å²) in [5.41, 5.74) is 0. The lowest BCUT2D eigenvalue weighted by atomic mass is 10.0. The number of allylic oxidation sites excluding steroid dienone is 2. The van der Waals surface area contributed by atoms with Crippen LogP contribution in [0.25, 0.3) is 0 Å². The zero-order chi connectivity index (χ0) is 43.7. The number of ether oxygens (including phenoxy) is 1. The molecule has 6 nitrogen and oxygen atoms in total. The van der Waals surface area contributed by atoms with E-state index < -0.39 is 12.1 Å². The van der Waals surface area contributed by atoms with E-state index in [4.69, 9.17) is 4.74 Å². The number of carbonyl (C=O) groups excluding carboxylic acids is 2. The maximum atomic E-state index is 12.4. The first-order valence-corrected chi connectivity index (χ1v) is 26.9. The number of carbonyl (C=O) groups is 2. The minimum Gasteiger partial charge on any atom is -0.466 e. The average Bonchev–Trinajstić information content (AvgIpc) is 3.25. The Morgan fingerprint density at radius 3 is 1.20 bits per heavy atom. The van der Waals surface area contributed by atoms with Crippen molar-refractivity contribution in [2.45, 2.75) is 309 Å². The molecule has 0 rings (SSSR count). The SMILES string of the molecule is CCCCCCCCCCCCCCCCCCC(=O)OCCCCCCCC/C=C\CCCCCC(=O)NC(CO)C(O)CCCCCCCCCCCCCCCC. The summed E-state index contributed by atoms with van der Waals surface area (Å²) in [4.78, 5) is 24.5. The van der Waals surface area contributed by atoms with Crippen LogP contribution >= 0.6 is 0 Å². The first-order chi connectivity index (χ1) is 29.5. The molecule has 0 aromatic rings. The number of aliphatic hydroxyl groups is 2. The number of amides is 1. The van der Waals surface area contributed by atoms with Crippen LogP contribution in [0.4, 0.5) is 0 Å². The third-order valence-electron chi connectivity index (χ3n) is 12.6. The zero-order valence-corrected chi connectivity index (χ0v) is 40.5. The van der Waals surface area contributed by atoms with Gasteiger partial charge in [-0.15, -0.1) is 0 Å². The van der Waals surface area contributed by atoms with Crippen molar-refractivity contribution >= 4 is 11.9 Å². The van der Waals surface area contributed by atoms with Crippen molar-refractivity contribution in [1.82, 2.24) is 5.32 Å². The Hall–Kier alpha value is -1.40. The van der Waals surface area contributed by atoms with E-state index in [1.165, 1.54) is 193 Å². The molecule has 0 aliphatic heterocycles. The molecule has 3 N–H and O–H groups in total. The van der Waals surface area contributed by atoms with Gasteiger partial charge in [-0.05, 0) is 51.4 Å². The number of nitrogens with one attached hydrogen (secondary N) is 1. The summed E-state index contributed by atoms with van der Waals surface area (Å²) in [6, 6.07) is -0.560. The first-order valence-electron chi connectivity index (χ1n) is 26.9. The zero-order valence-electron chi connectivity index (χ0n) is 40.5. The lowest BCUT2D eigenvalue weighted by Crippen LogP contribution is -2.45. The molecule has 1 amide bonds. The van der Waals surface area contributed by atoms with Gasteiger partial charge in [-0.3, -0.25) is 9.59 Å². The molecule has 0 radical (unpaired) electrons.